The summed E-state index contributed by atoms with van der Waals surface area (Å²) >= 11 is 5.93. The van der Waals surface area contributed by atoms with Crippen molar-refractivity contribution in [1.82, 2.24) is 20.4 Å². The average molecular weight is 363 g/mol. The molecule has 6 nitrogen and oxygen atoms in total. The number of carbonyl (C=O) groups excluding carboxylic acids is 2. The molecule has 0 aliphatic carbocycles. The Morgan fingerprint density at radius 2 is 1.88 bits per heavy atom. The van der Waals surface area contributed by atoms with Gasteiger partial charge in [0.2, 0.25) is 5.91 Å². The van der Waals surface area contributed by atoms with Crippen LogP contribution in [0.25, 0.3) is 5.69 Å². The van der Waals surface area contributed by atoms with Gasteiger partial charge in [0, 0.05) is 11.6 Å². The van der Waals surface area contributed by atoms with Gasteiger partial charge in [-0.25, -0.2) is 4.68 Å². The van der Waals surface area contributed by atoms with Crippen LogP contribution in [-0.2, 0) is 4.79 Å². The van der Waals surface area contributed by atoms with Crippen LogP contribution in [0.3, 0.4) is 0 Å². The number of amides is 2. The monoisotopic (exact) mass is 362 g/mol. The number of benzene rings is 1. The fourth-order valence-electron chi connectivity index (χ4n) is 2.46. The van der Waals surface area contributed by atoms with Crippen molar-refractivity contribution < 1.29 is 9.59 Å². The minimum Gasteiger partial charge on any atom is -0.355 e. The molecule has 2 rings (SSSR count). The fourth-order valence-corrected chi connectivity index (χ4v) is 2.59. The highest BCUT2D eigenvalue weighted by Crippen LogP contribution is 2.23. The minimum absolute atomic E-state index is 0.0531. The van der Waals surface area contributed by atoms with E-state index in [9.17, 15) is 9.59 Å². The first kappa shape index (κ1) is 19.0. The predicted molar refractivity (Wildman–Crippen MR) is 98.3 cm³/mol. The zero-order chi connectivity index (χ0) is 18.4. The van der Waals surface area contributed by atoms with Crippen LogP contribution in [0.1, 0.15) is 49.2 Å². The van der Waals surface area contributed by atoms with Crippen LogP contribution in [0.5, 0.6) is 0 Å². The Morgan fingerprint density at radius 3 is 2.48 bits per heavy atom. The molecule has 0 atom stereocenters. The first-order valence-corrected chi connectivity index (χ1v) is 8.70. The molecule has 0 aliphatic rings. The highest BCUT2D eigenvalue weighted by Gasteiger charge is 2.21. The van der Waals surface area contributed by atoms with E-state index in [4.69, 9.17) is 11.6 Å². The molecule has 7 heteroatoms. The summed E-state index contributed by atoms with van der Waals surface area (Å²) in [5.41, 5.74) is 2.08. The van der Waals surface area contributed by atoms with Gasteiger partial charge in [-0.15, -0.1) is 0 Å². The molecular weight excluding hydrogens is 340 g/mol. The second-order valence-corrected chi connectivity index (χ2v) is 6.46. The molecule has 0 unspecified atom stereocenters. The molecule has 0 aliphatic heterocycles. The number of aromatic nitrogens is 2. The van der Waals surface area contributed by atoms with Gasteiger partial charge in [-0.1, -0.05) is 32.4 Å². The Kier molecular flexibility index (Phi) is 6.58. The summed E-state index contributed by atoms with van der Waals surface area (Å²) in [4.78, 5) is 24.1. The normalized spacial score (nSPS) is 10.8. The molecule has 0 saturated carbocycles. The number of nitrogens with zero attached hydrogens (tertiary/aromatic N) is 2. The van der Waals surface area contributed by atoms with Gasteiger partial charge in [0.05, 0.1) is 29.7 Å². The van der Waals surface area contributed by atoms with Crippen LogP contribution in [0.15, 0.2) is 30.5 Å². The van der Waals surface area contributed by atoms with E-state index >= 15 is 0 Å². The van der Waals surface area contributed by atoms with E-state index in [1.165, 1.54) is 6.20 Å². The van der Waals surface area contributed by atoms with Crippen LogP contribution < -0.4 is 10.6 Å². The molecule has 1 aromatic carbocycles. The lowest BCUT2D eigenvalue weighted by Crippen LogP contribution is -2.37. The van der Waals surface area contributed by atoms with Crippen molar-refractivity contribution in [3.8, 4) is 5.69 Å². The zero-order valence-electron chi connectivity index (χ0n) is 14.7. The molecule has 0 bridgehead atoms. The maximum absolute atomic E-state index is 12.5. The Morgan fingerprint density at radius 1 is 1.20 bits per heavy atom. The molecule has 0 spiro atoms. The third-order valence-corrected chi connectivity index (χ3v) is 3.90. The van der Waals surface area contributed by atoms with Crippen molar-refractivity contribution >= 4 is 23.4 Å². The molecular formula is C18H23ClN4O2. The van der Waals surface area contributed by atoms with Crippen molar-refractivity contribution in [3.63, 3.8) is 0 Å². The first-order valence-electron chi connectivity index (χ1n) is 8.32. The molecule has 2 N–H and O–H groups in total. The Balaban J connectivity index is 2.19. The molecule has 25 heavy (non-hydrogen) atoms. The summed E-state index contributed by atoms with van der Waals surface area (Å²) in [6.45, 7) is 6.50. The third-order valence-electron chi connectivity index (χ3n) is 3.65. The van der Waals surface area contributed by atoms with E-state index in [0.29, 0.717) is 17.1 Å². The highest BCUT2D eigenvalue weighted by molar-refractivity contribution is 6.30. The zero-order valence-corrected chi connectivity index (χ0v) is 15.4. The lowest BCUT2D eigenvalue weighted by Gasteiger charge is -2.13. The van der Waals surface area contributed by atoms with Gasteiger partial charge in [0.1, 0.15) is 0 Å². The average Bonchev–Trinajstić information content (AvgIpc) is 3.03. The Hall–Kier alpha value is -2.34. The number of carbonyl (C=O) groups is 2. The molecule has 134 valence electrons. The lowest BCUT2D eigenvalue weighted by atomic mass is 10.1. The topological polar surface area (TPSA) is 76.0 Å². The molecule has 1 heterocycles. The van der Waals surface area contributed by atoms with Gasteiger partial charge in [0.15, 0.2) is 0 Å². The number of hydrogen-bond acceptors (Lipinski definition) is 3. The van der Waals surface area contributed by atoms with Crippen LogP contribution in [0, 0.1) is 0 Å². The largest absolute Gasteiger partial charge is 0.355 e. The summed E-state index contributed by atoms with van der Waals surface area (Å²) in [5.74, 6) is -0.435. The molecule has 2 amide bonds. The van der Waals surface area contributed by atoms with Gasteiger partial charge >= 0.3 is 0 Å². The van der Waals surface area contributed by atoms with Gasteiger partial charge in [-0.3, -0.25) is 9.59 Å². The maximum atomic E-state index is 12.5. The van der Waals surface area contributed by atoms with Gasteiger partial charge in [-0.2, -0.15) is 5.10 Å². The van der Waals surface area contributed by atoms with Crippen molar-refractivity contribution in [1.29, 1.82) is 0 Å². The minimum atomic E-state index is -0.310. The SMILES string of the molecule is CCCNC(=O)CNC(=O)c1cnn(-c2ccc(Cl)cc2)c1C(C)C. The maximum Gasteiger partial charge on any atom is 0.255 e. The predicted octanol–water partition coefficient (Wildman–Crippen LogP) is 2.91. The van der Waals surface area contributed by atoms with Crippen LogP contribution >= 0.6 is 11.6 Å². The van der Waals surface area contributed by atoms with Crippen molar-refractivity contribution in [2.45, 2.75) is 33.1 Å². The second-order valence-electron chi connectivity index (χ2n) is 6.02. The van der Waals surface area contributed by atoms with Crippen molar-refractivity contribution in [2.75, 3.05) is 13.1 Å². The van der Waals surface area contributed by atoms with Gasteiger partial charge in [0.25, 0.3) is 5.91 Å². The number of nitrogens with one attached hydrogen (secondary N) is 2. The van der Waals surface area contributed by atoms with E-state index in [1.807, 2.05) is 32.9 Å². The van der Waals surface area contributed by atoms with Gasteiger partial charge < -0.3 is 10.6 Å². The smallest absolute Gasteiger partial charge is 0.255 e. The molecule has 0 saturated heterocycles. The van der Waals surface area contributed by atoms with Gasteiger partial charge in [-0.05, 0) is 36.6 Å². The fraction of sp³-hybridized carbons (Fsp3) is 0.389. The molecule has 1 aromatic heterocycles. The van der Waals surface area contributed by atoms with E-state index in [0.717, 1.165) is 17.8 Å². The summed E-state index contributed by atoms with van der Waals surface area (Å²) in [6.07, 6.45) is 2.38. The summed E-state index contributed by atoms with van der Waals surface area (Å²) in [5, 5.41) is 10.4. The van der Waals surface area contributed by atoms with E-state index in [2.05, 4.69) is 15.7 Å². The Labute approximate surface area is 152 Å². The number of rotatable bonds is 7. The molecule has 0 radical (unpaired) electrons. The number of halogens is 1. The molecule has 0 fully saturated rings. The molecule has 2 aromatic rings. The number of hydrogen-bond donors (Lipinski definition) is 2. The second kappa shape index (κ2) is 8.67. The van der Waals surface area contributed by atoms with Crippen molar-refractivity contribution in [2.24, 2.45) is 0 Å². The van der Waals surface area contributed by atoms with E-state index < -0.39 is 0 Å². The summed E-state index contributed by atoms with van der Waals surface area (Å²) in [7, 11) is 0. The van der Waals surface area contributed by atoms with Crippen LogP contribution in [0.4, 0.5) is 0 Å². The van der Waals surface area contributed by atoms with Crippen molar-refractivity contribution in [3.05, 3.63) is 46.7 Å². The van der Waals surface area contributed by atoms with E-state index in [1.54, 1.807) is 16.8 Å². The van der Waals surface area contributed by atoms with E-state index in [-0.39, 0.29) is 24.3 Å². The summed E-state index contributed by atoms with van der Waals surface area (Å²) in [6, 6.07) is 7.25. The lowest BCUT2D eigenvalue weighted by molar-refractivity contribution is -0.120. The Bertz CT molecular complexity index is 738. The quantitative estimate of drug-likeness (QED) is 0.795. The summed E-state index contributed by atoms with van der Waals surface area (Å²) < 4.78 is 1.73. The highest BCUT2D eigenvalue weighted by atomic mass is 35.5. The third kappa shape index (κ3) is 4.82. The van der Waals surface area contributed by atoms with Crippen LogP contribution in [0.2, 0.25) is 5.02 Å². The first-order chi connectivity index (χ1) is 11.9. The standard InChI is InChI=1S/C18H23ClN4O2/c1-4-9-20-16(24)11-21-18(25)15-10-22-23(17(15)12(2)3)14-7-5-13(19)6-8-14/h5-8,10,12H,4,9,11H2,1-3H3,(H,20,24)(H,21,25). The van der Waals surface area contributed by atoms with Crippen LogP contribution in [-0.4, -0.2) is 34.7 Å².